The number of nitrogens with one attached hydrogen (secondary N) is 3. The number of ether oxygens (including phenoxy) is 1. The van der Waals surface area contributed by atoms with E-state index in [2.05, 4.69) is 32.4 Å². The van der Waals surface area contributed by atoms with Gasteiger partial charge >= 0.3 is 0 Å². The Morgan fingerprint density at radius 3 is 2.42 bits per heavy atom. The van der Waals surface area contributed by atoms with E-state index in [0.717, 1.165) is 23.2 Å². The maximum Gasteiger partial charge on any atom is 0.247 e. The summed E-state index contributed by atoms with van der Waals surface area (Å²) in [5.41, 5.74) is 3.58. The van der Waals surface area contributed by atoms with E-state index in [4.69, 9.17) is 9.72 Å². The standard InChI is InChI=1S/C29H36N8O4S2/c1-8-26(38)30-21-17-22(25(41-6)18-24(21)36(4)15-14-35(2)3)33-29-32-20-13-16-42-27(20)28(34-29)31-19-11-9-10-12-23(19)37(5)43(7,39)40/h8-13,16-18H,1,14-15H2,2-7H3,(H,30,38)(H2,31,32,33,34). The summed E-state index contributed by atoms with van der Waals surface area (Å²) in [6.45, 7) is 5.10. The summed E-state index contributed by atoms with van der Waals surface area (Å²) in [5, 5.41) is 11.4. The van der Waals surface area contributed by atoms with E-state index in [1.165, 1.54) is 28.8 Å². The number of nitrogens with zero attached hydrogens (tertiary/aromatic N) is 5. The molecule has 4 aromatic rings. The van der Waals surface area contributed by atoms with Gasteiger partial charge in [-0.15, -0.1) is 11.3 Å². The predicted molar refractivity (Wildman–Crippen MR) is 177 cm³/mol. The number of carbonyl (C=O) groups is 1. The molecule has 2 heterocycles. The summed E-state index contributed by atoms with van der Waals surface area (Å²) in [4.78, 5) is 25.9. The van der Waals surface area contributed by atoms with Crippen molar-refractivity contribution in [2.45, 2.75) is 0 Å². The Hall–Kier alpha value is -4.40. The number of fused-ring (bicyclic) bond motifs is 1. The van der Waals surface area contributed by atoms with Crippen LogP contribution in [-0.4, -0.2) is 83.8 Å². The molecule has 0 fully saturated rings. The minimum atomic E-state index is -3.50. The summed E-state index contributed by atoms with van der Waals surface area (Å²) in [6, 6.07) is 12.6. The van der Waals surface area contributed by atoms with Gasteiger partial charge in [-0.1, -0.05) is 18.7 Å². The Labute approximate surface area is 256 Å². The molecule has 12 nitrogen and oxygen atoms in total. The first kappa shape index (κ1) is 31.5. The number of rotatable bonds is 13. The van der Waals surface area contributed by atoms with Crippen LogP contribution in [0.2, 0.25) is 0 Å². The van der Waals surface area contributed by atoms with Crippen LogP contribution in [0.5, 0.6) is 5.75 Å². The maximum atomic E-state index is 12.3. The van der Waals surface area contributed by atoms with Crippen LogP contribution in [0, 0.1) is 0 Å². The molecular weight excluding hydrogens is 589 g/mol. The van der Waals surface area contributed by atoms with Crippen LogP contribution >= 0.6 is 11.3 Å². The Bertz CT molecular complexity index is 1740. The second kappa shape index (κ2) is 13.3. The highest BCUT2D eigenvalue weighted by molar-refractivity contribution is 7.92. The minimum Gasteiger partial charge on any atom is -0.494 e. The molecule has 0 unspecified atom stereocenters. The molecular formula is C29H36N8O4S2. The van der Waals surface area contributed by atoms with E-state index in [-0.39, 0.29) is 11.9 Å². The zero-order valence-corrected chi connectivity index (χ0v) is 26.6. The topological polar surface area (TPSA) is 132 Å². The molecule has 2 aromatic heterocycles. The second-order valence-electron chi connectivity index (χ2n) is 10.0. The van der Waals surface area contributed by atoms with E-state index >= 15 is 0 Å². The quantitative estimate of drug-likeness (QED) is 0.180. The lowest BCUT2D eigenvalue weighted by Crippen LogP contribution is -2.29. The molecule has 3 N–H and O–H groups in total. The van der Waals surface area contributed by atoms with Gasteiger partial charge in [0.2, 0.25) is 21.9 Å². The normalized spacial score (nSPS) is 11.3. The average Bonchev–Trinajstić information content (AvgIpc) is 3.44. The average molecular weight is 625 g/mol. The Morgan fingerprint density at radius 1 is 1.00 bits per heavy atom. The number of hydrogen-bond donors (Lipinski definition) is 3. The van der Waals surface area contributed by atoms with Crippen LogP contribution in [0.1, 0.15) is 0 Å². The number of benzene rings is 2. The van der Waals surface area contributed by atoms with E-state index in [1.54, 1.807) is 31.4 Å². The van der Waals surface area contributed by atoms with Crippen LogP contribution < -0.4 is 29.9 Å². The van der Waals surface area contributed by atoms with Crippen molar-refractivity contribution in [2.24, 2.45) is 0 Å². The lowest BCUT2D eigenvalue weighted by molar-refractivity contribution is -0.111. The van der Waals surface area contributed by atoms with Crippen LogP contribution in [0.25, 0.3) is 10.2 Å². The van der Waals surface area contributed by atoms with Crippen molar-refractivity contribution in [3.05, 3.63) is 60.5 Å². The van der Waals surface area contributed by atoms with Gasteiger partial charge in [-0.3, -0.25) is 9.10 Å². The molecule has 0 aliphatic carbocycles. The molecule has 0 radical (unpaired) electrons. The second-order valence-corrected chi connectivity index (χ2v) is 12.9. The molecule has 0 spiro atoms. The van der Waals surface area contributed by atoms with Crippen LogP contribution in [0.15, 0.2) is 60.5 Å². The van der Waals surface area contributed by atoms with Crippen LogP contribution in [0.4, 0.5) is 40.2 Å². The number of hydrogen-bond acceptors (Lipinski definition) is 11. The fourth-order valence-electron chi connectivity index (χ4n) is 4.19. The number of methoxy groups -OCH3 is 1. The third-order valence-electron chi connectivity index (χ3n) is 6.60. The summed E-state index contributed by atoms with van der Waals surface area (Å²) in [7, 11) is 5.51. The lowest BCUT2D eigenvalue weighted by Gasteiger charge is -2.26. The van der Waals surface area contributed by atoms with E-state index in [0.29, 0.717) is 46.4 Å². The van der Waals surface area contributed by atoms with Gasteiger partial charge in [0.1, 0.15) is 5.75 Å². The molecule has 4 rings (SSSR count). The van der Waals surface area contributed by atoms with Crippen molar-refractivity contribution >= 4 is 77.7 Å². The molecule has 1 amide bonds. The zero-order chi connectivity index (χ0) is 31.3. The number of anilines is 7. The minimum absolute atomic E-state index is 0.273. The largest absolute Gasteiger partial charge is 0.494 e. The van der Waals surface area contributed by atoms with Gasteiger partial charge in [-0.2, -0.15) is 4.98 Å². The number of carbonyl (C=O) groups excluding carboxylic acids is 1. The molecule has 0 saturated carbocycles. The van der Waals surface area contributed by atoms with Crippen molar-refractivity contribution in [3.63, 3.8) is 0 Å². The SMILES string of the molecule is C=CC(=O)Nc1cc(Nc2nc(Nc3ccccc3N(C)S(C)(=O)=O)c3sccc3n2)c(OC)cc1N(C)CCN(C)C. The van der Waals surface area contributed by atoms with E-state index in [1.807, 2.05) is 49.6 Å². The molecule has 0 bridgehead atoms. The van der Waals surface area contributed by atoms with Gasteiger partial charge in [0.15, 0.2) is 5.82 Å². The number of aromatic nitrogens is 2. The molecule has 14 heteroatoms. The summed E-state index contributed by atoms with van der Waals surface area (Å²) >= 11 is 1.46. The lowest BCUT2D eigenvalue weighted by atomic mass is 10.2. The number of likely N-dealkylation sites (N-methyl/N-ethyl adjacent to an activating group) is 2. The maximum absolute atomic E-state index is 12.3. The van der Waals surface area contributed by atoms with Gasteiger partial charge in [-0.25, -0.2) is 13.4 Å². The Kier molecular flexibility index (Phi) is 9.73. The third-order valence-corrected chi connectivity index (χ3v) is 8.70. The highest BCUT2D eigenvalue weighted by Gasteiger charge is 2.20. The molecule has 2 aromatic carbocycles. The monoisotopic (exact) mass is 624 g/mol. The van der Waals surface area contributed by atoms with Gasteiger partial charge in [-0.05, 0) is 49.8 Å². The predicted octanol–water partition coefficient (Wildman–Crippen LogP) is 4.71. The van der Waals surface area contributed by atoms with Gasteiger partial charge in [0.05, 0.1) is 52.0 Å². The van der Waals surface area contributed by atoms with Crippen molar-refractivity contribution in [1.29, 1.82) is 0 Å². The molecule has 0 aliphatic rings. The number of thiophene rings is 1. The number of amides is 1. The molecule has 0 aliphatic heterocycles. The fourth-order valence-corrected chi connectivity index (χ4v) is 5.48. The van der Waals surface area contributed by atoms with Crippen molar-refractivity contribution in [3.8, 4) is 5.75 Å². The first-order chi connectivity index (χ1) is 20.4. The summed E-state index contributed by atoms with van der Waals surface area (Å²) in [5.74, 6) is 0.942. The van der Waals surface area contributed by atoms with E-state index in [9.17, 15) is 13.2 Å². The Morgan fingerprint density at radius 2 is 1.74 bits per heavy atom. The third kappa shape index (κ3) is 7.52. The highest BCUT2D eigenvalue weighted by atomic mass is 32.2. The van der Waals surface area contributed by atoms with Crippen LogP contribution in [0.3, 0.4) is 0 Å². The van der Waals surface area contributed by atoms with Crippen molar-refractivity contribution in [1.82, 2.24) is 14.9 Å². The first-order valence-electron chi connectivity index (χ1n) is 13.2. The molecule has 0 atom stereocenters. The van der Waals surface area contributed by atoms with Crippen LogP contribution in [-0.2, 0) is 14.8 Å². The summed E-state index contributed by atoms with van der Waals surface area (Å²) in [6.07, 6.45) is 2.36. The first-order valence-corrected chi connectivity index (χ1v) is 16.0. The summed E-state index contributed by atoms with van der Waals surface area (Å²) < 4.78 is 32.3. The fraction of sp³-hybridized carbons (Fsp3) is 0.276. The molecule has 43 heavy (non-hydrogen) atoms. The highest BCUT2D eigenvalue weighted by Crippen LogP contribution is 2.39. The van der Waals surface area contributed by atoms with Gasteiger partial charge in [0.25, 0.3) is 0 Å². The van der Waals surface area contributed by atoms with Gasteiger partial charge < -0.3 is 30.5 Å². The van der Waals surface area contributed by atoms with Crippen molar-refractivity contribution < 1.29 is 17.9 Å². The zero-order valence-electron chi connectivity index (χ0n) is 25.0. The smallest absolute Gasteiger partial charge is 0.247 e. The number of sulfonamides is 1. The molecule has 228 valence electrons. The molecule has 0 saturated heterocycles. The van der Waals surface area contributed by atoms with Crippen molar-refractivity contribution in [2.75, 3.05) is 79.8 Å². The van der Waals surface area contributed by atoms with E-state index < -0.39 is 10.0 Å². The van der Waals surface area contributed by atoms with Gasteiger partial charge in [0, 0.05) is 33.3 Å². The number of para-hydroxylation sites is 2. The Balaban J connectivity index is 1.75.